The number of hydrogen-bond acceptors (Lipinski definition) is 4. The summed E-state index contributed by atoms with van der Waals surface area (Å²) in [7, 11) is -3.70. The van der Waals surface area contributed by atoms with E-state index in [4.69, 9.17) is 9.84 Å². The smallest absolute Gasteiger partial charge is 0.206 e. The molecule has 0 aromatic heterocycles. The quantitative estimate of drug-likeness (QED) is 0.947. The lowest BCUT2D eigenvalue weighted by molar-refractivity contribution is 0.358. The van der Waals surface area contributed by atoms with Crippen molar-refractivity contribution in [3.8, 4) is 11.5 Å². The summed E-state index contributed by atoms with van der Waals surface area (Å²) in [4.78, 5) is -0.0255. The summed E-state index contributed by atoms with van der Waals surface area (Å²) in [5.74, 6) is -0.0689. The van der Waals surface area contributed by atoms with Gasteiger partial charge in [0, 0.05) is 5.56 Å². The summed E-state index contributed by atoms with van der Waals surface area (Å²) in [6.45, 7) is -0.193. The van der Waals surface area contributed by atoms with Crippen molar-refractivity contribution in [3.05, 3.63) is 58.8 Å². The maximum absolute atomic E-state index is 13.6. The standard InChI is InChI=1S/C15H11FO4S/c16-14-2-1-3-15-13(14)8-12(21(15,18)19)9-20-11-6-4-10(17)5-7-11/h1-8,17H,9H2. The van der Waals surface area contributed by atoms with Crippen LogP contribution < -0.4 is 4.74 Å². The first-order valence-electron chi connectivity index (χ1n) is 6.14. The third-order valence-corrected chi connectivity index (χ3v) is 5.03. The highest BCUT2D eigenvalue weighted by molar-refractivity contribution is 7.95. The fourth-order valence-electron chi connectivity index (χ4n) is 2.09. The van der Waals surface area contributed by atoms with Crippen molar-refractivity contribution in [2.75, 3.05) is 6.61 Å². The van der Waals surface area contributed by atoms with Crippen molar-refractivity contribution < 1.29 is 22.7 Å². The number of hydrogen-bond donors (Lipinski definition) is 1. The van der Waals surface area contributed by atoms with Gasteiger partial charge in [-0.05, 0) is 42.5 Å². The average Bonchev–Trinajstić information content (AvgIpc) is 2.71. The Bertz CT molecular complexity index is 823. The zero-order valence-electron chi connectivity index (χ0n) is 10.8. The Kier molecular flexibility index (Phi) is 3.17. The van der Waals surface area contributed by atoms with Crippen LogP contribution in [0.25, 0.3) is 6.08 Å². The summed E-state index contributed by atoms with van der Waals surface area (Å²) in [6.07, 6.45) is 1.29. The second-order valence-electron chi connectivity index (χ2n) is 4.55. The molecule has 108 valence electrons. The minimum absolute atomic E-state index is 0.00988. The first-order valence-corrected chi connectivity index (χ1v) is 7.63. The maximum Gasteiger partial charge on any atom is 0.206 e. The van der Waals surface area contributed by atoms with E-state index < -0.39 is 15.7 Å². The molecule has 1 aliphatic heterocycles. The summed E-state index contributed by atoms with van der Waals surface area (Å²) in [5, 5.41) is 9.16. The Balaban J connectivity index is 1.86. The lowest BCUT2D eigenvalue weighted by Crippen LogP contribution is -2.09. The van der Waals surface area contributed by atoms with Crippen LogP contribution in [-0.2, 0) is 9.84 Å². The van der Waals surface area contributed by atoms with Gasteiger partial charge in [-0.15, -0.1) is 0 Å². The van der Waals surface area contributed by atoms with Crippen LogP contribution in [-0.4, -0.2) is 20.1 Å². The van der Waals surface area contributed by atoms with Crippen molar-refractivity contribution in [1.29, 1.82) is 0 Å². The van der Waals surface area contributed by atoms with Crippen LogP contribution in [0.2, 0.25) is 0 Å². The number of phenolic OH excluding ortho intramolecular Hbond substituents is 1. The van der Waals surface area contributed by atoms with E-state index in [0.717, 1.165) is 0 Å². The van der Waals surface area contributed by atoms with E-state index in [-0.39, 0.29) is 27.7 Å². The Morgan fingerprint density at radius 2 is 1.81 bits per heavy atom. The van der Waals surface area contributed by atoms with E-state index >= 15 is 0 Å². The second-order valence-corrected chi connectivity index (χ2v) is 6.52. The van der Waals surface area contributed by atoms with Gasteiger partial charge in [0.05, 0.1) is 9.80 Å². The molecule has 6 heteroatoms. The summed E-state index contributed by atoms with van der Waals surface area (Å²) in [5.41, 5.74) is 0.0711. The molecule has 0 unspecified atom stereocenters. The van der Waals surface area contributed by atoms with Crippen LogP contribution in [0.15, 0.2) is 52.3 Å². The first kappa shape index (κ1) is 13.6. The first-order chi connectivity index (χ1) is 9.98. The largest absolute Gasteiger partial charge is 0.508 e. The van der Waals surface area contributed by atoms with Crippen molar-refractivity contribution >= 4 is 15.9 Å². The Labute approximate surface area is 121 Å². The molecule has 0 saturated heterocycles. The van der Waals surface area contributed by atoms with Gasteiger partial charge in [0.15, 0.2) is 0 Å². The van der Waals surface area contributed by atoms with Crippen LogP contribution in [0.3, 0.4) is 0 Å². The SMILES string of the molecule is O=S1(=O)C(COc2ccc(O)cc2)=Cc2c(F)cccc21. The van der Waals surface area contributed by atoms with E-state index in [9.17, 15) is 12.8 Å². The number of phenols is 1. The van der Waals surface area contributed by atoms with Crippen molar-refractivity contribution in [3.63, 3.8) is 0 Å². The van der Waals surface area contributed by atoms with Crippen LogP contribution in [0, 0.1) is 5.82 Å². The lowest BCUT2D eigenvalue weighted by atomic mass is 10.2. The van der Waals surface area contributed by atoms with Gasteiger partial charge < -0.3 is 9.84 Å². The zero-order valence-corrected chi connectivity index (χ0v) is 11.6. The molecule has 21 heavy (non-hydrogen) atoms. The number of benzene rings is 2. The second kappa shape index (κ2) is 4.89. The van der Waals surface area contributed by atoms with Crippen LogP contribution in [0.1, 0.15) is 5.56 Å². The molecule has 2 aromatic carbocycles. The topological polar surface area (TPSA) is 63.6 Å². The van der Waals surface area contributed by atoms with E-state index in [1.54, 1.807) is 0 Å². The molecule has 1 N–H and O–H groups in total. The fourth-order valence-corrected chi connectivity index (χ4v) is 3.56. The van der Waals surface area contributed by atoms with E-state index in [2.05, 4.69) is 0 Å². The minimum Gasteiger partial charge on any atom is -0.508 e. The number of sulfone groups is 1. The summed E-state index contributed by atoms with van der Waals surface area (Å²) >= 11 is 0. The molecule has 0 saturated carbocycles. The van der Waals surface area contributed by atoms with Crippen LogP contribution >= 0.6 is 0 Å². The zero-order chi connectivity index (χ0) is 15.0. The highest BCUT2D eigenvalue weighted by Gasteiger charge is 2.31. The Morgan fingerprint density at radius 3 is 2.48 bits per heavy atom. The molecule has 0 amide bonds. The monoisotopic (exact) mass is 306 g/mol. The minimum atomic E-state index is -3.70. The molecule has 0 atom stereocenters. The normalized spacial score (nSPS) is 15.4. The van der Waals surface area contributed by atoms with Gasteiger partial charge in [-0.3, -0.25) is 0 Å². The van der Waals surface area contributed by atoms with Gasteiger partial charge >= 0.3 is 0 Å². The van der Waals surface area contributed by atoms with Crippen LogP contribution in [0.5, 0.6) is 11.5 Å². The predicted molar refractivity (Wildman–Crippen MR) is 75.2 cm³/mol. The van der Waals surface area contributed by atoms with Crippen molar-refractivity contribution in [2.24, 2.45) is 0 Å². The van der Waals surface area contributed by atoms with E-state index in [1.165, 1.54) is 48.5 Å². The number of halogens is 1. The summed E-state index contributed by atoms with van der Waals surface area (Å²) in [6, 6.07) is 9.86. The third kappa shape index (κ3) is 2.38. The molecule has 0 bridgehead atoms. The molecule has 0 aliphatic carbocycles. The third-order valence-electron chi connectivity index (χ3n) is 3.17. The molecule has 1 heterocycles. The summed E-state index contributed by atoms with van der Waals surface area (Å²) < 4.78 is 43.5. The van der Waals surface area contributed by atoms with Gasteiger partial charge in [-0.25, -0.2) is 12.8 Å². The molecule has 3 rings (SSSR count). The number of rotatable bonds is 3. The average molecular weight is 306 g/mol. The molecule has 0 radical (unpaired) electrons. The number of ether oxygens (including phenoxy) is 1. The van der Waals surface area contributed by atoms with Gasteiger partial charge in [0.1, 0.15) is 23.9 Å². The molecule has 4 nitrogen and oxygen atoms in total. The lowest BCUT2D eigenvalue weighted by Gasteiger charge is -2.07. The molecule has 0 fully saturated rings. The van der Waals surface area contributed by atoms with Crippen molar-refractivity contribution in [2.45, 2.75) is 4.90 Å². The van der Waals surface area contributed by atoms with E-state index in [0.29, 0.717) is 5.75 Å². The van der Waals surface area contributed by atoms with Gasteiger partial charge in [0.25, 0.3) is 0 Å². The number of fused-ring (bicyclic) bond motifs is 1. The molecular weight excluding hydrogens is 295 g/mol. The maximum atomic E-state index is 13.6. The predicted octanol–water partition coefficient (Wildman–Crippen LogP) is 2.74. The Morgan fingerprint density at radius 1 is 1.10 bits per heavy atom. The number of aromatic hydroxyl groups is 1. The van der Waals surface area contributed by atoms with Crippen molar-refractivity contribution in [1.82, 2.24) is 0 Å². The van der Waals surface area contributed by atoms with Crippen LogP contribution in [0.4, 0.5) is 4.39 Å². The molecule has 2 aromatic rings. The Hall–Kier alpha value is -2.34. The fraction of sp³-hybridized carbons (Fsp3) is 0.0667. The van der Waals surface area contributed by atoms with Gasteiger partial charge in [-0.1, -0.05) is 6.07 Å². The van der Waals surface area contributed by atoms with Gasteiger partial charge in [-0.2, -0.15) is 0 Å². The molecule has 0 spiro atoms. The molecule has 1 aliphatic rings. The highest BCUT2D eigenvalue weighted by Crippen LogP contribution is 2.34. The molecular formula is C15H11FO4S. The van der Waals surface area contributed by atoms with E-state index in [1.807, 2.05) is 0 Å². The van der Waals surface area contributed by atoms with Gasteiger partial charge in [0.2, 0.25) is 9.84 Å². The highest BCUT2D eigenvalue weighted by atomic mass is 32.2.